The lowest BCUT2D eigenvalue weighted by Gasteiger charge is -2.41. The predicted molar refractivity (Wildman–Crippen MR) is 114 cm³/mol. The maximum atomic E-state index is 13.7. The Hall–Kier alpha value is -2.78. The van der Waals surface area contributed by atoms with Gasteiger partial charge in [0.15, 0.2) is 5.84 Å². The van der Waals surface area contributed by atoms with Crippen LogP contribution in [0.2, 0.25) is 5.02 Å². The monoisotopic (exact) mass is 431 g/mol. The Bertz CT molecular complexity index is 1060. The van der Waals surface area contributed by atoms with Crippen LogP contribution in [0.25, 0.3) is 5.65 Å². The minimum absolute atomic E-state index is 0.0306. The van der Waals surface area contributed by atoms with Crippen molar-refractivity contribution >= 4 is 35.7 Å². The number of allylic oxidation sites excluding steroid dienone is 1. The molecule has 8 nitrogen and oxygen atoms in total. The fourth-order valence-corrected chi connectivity index (χ4v) is 3.99. The van der Waals surface area contributed by atoms with Crippen LogP contribution in [0.5, 0.6) is 0 Å². The predicted octanol–water partition coefficient (Wildman–Crippen LogP) is 2.07. The van der Waals surface area contributed by atoms with Crippen molar-refractivity contribution in [1.29, 1.82) is 0 Å². The van der Waals surface area contributed by atoms with E-state index >= 15 is 0 Å². The van der Waals surface area contributed by atoms with Gasteiger partial charge in [-0.25, -0.2) is 19.4 Å². The highest BCUT2D eigenvalue weighted by Gasteiger charge is 2.40. The Morgan fingerprint density at radius 2 is 2.20 bits per heavy atom. The van der Waals surface area contributed by atoms with Gasteiger partial charge in [-0.2, -0.15) is 0 Å². The van der Waals surface area contributed by atoms with E-state index in [-0.39, 0.29) is 17.0 Å². The third-order valence-corrected chi connectivity index (χ3v) is 5.78. The first kappa shape index (κ1) is 20.5. The fraction of sp³-hybridized carbons (Fsp3) is 0.400. The molecule has 0 unspecified atom stereocenters. The number of hydrogen-bond donors (Lipinski definition) is 1. The number of carbonyl (C=O) groups is 1. The van der Waals surface area contributed by atoms with Crippen molar-refractivity contribution in [3.05, 3.63) is 46.9 Å². The van der Waals surface area contributed by atoms with E-state index in [9.17, 15) is 9.18 Å². The number of primary amides is 1. The molecule has 2 fully saturated rings. The highest BCUT2D eigenvalue weighted by molar-refractivity contribution is 6.30. The average Bonchev–Trinajstić information content (AvgIpc) is 3.51. The molecule has 30 heavy (non-hydrogen) atoms. The van der Waals surface area contributed by atoms with Crippen molar-refractivity contribution in [2.24, 2.45) is 15.7 Å². The molecule has 1 saturated heterocycles. The van der Waals surface area contributed by atoms with Gasteiger partial charge in [0.05, 0.1) is 11.2 Å². The second-order valence-electron chi connectivity index (χ2n) is 7.41. The Morgan fingerprint density at radius 1 is 1.43 bits per heavy atom. The maximum absolute atomic E-state index is 13.7. The summed E-state index contributed by atoms with van der Waals surface area (Å²) in [6.45, 7) is 7.42. The summed E-state index contributed by atoms with van der Waals surface area (Å²) in [5.41, 5.74) is 6.59. The molecule has 4 rings (SSSR count). The zero-order valence-electron chi connectivity index (χ0n) is 16.6. The molecule has 2 aromatic heterocycles. The molecule has 0 spiro atoms. The number of rotatable bonds is 5. The number of imidazole rings is 1. The summed E-state index contributed by atoms with van der Waals surface area (Å²) in [5.74, 6) is 0.0962. The van der Waals surface area contributed by atoms with Gasteiger partial charge in [0.1, 0.15) is 29.0 Å². The fourth-order valence-electron chi connectivity index (χ4n) is 3.84. The standard InChI is InChI=1S/C20H23ClFN7O/c1-3-17(27-6-7-28(12-4-5-12)16(11-27)19(23)30)26-20(24-2)15-9-25-18-8-14(22)13(21)10-29(15)18/h3,8-10,12,16H,2,4-7,11H2,1H3,(H2,23,30)/b17-3+,26-20-/t16-/m1/s1. The van der Waals surface area contributed by atoms with Gasteiger partial charge in [0.2, 0.25) is 5.91 Å². The summed E-state index contributed by atoms with van der Waals surface area (Å²) in [5, 5.41) is -0.0306. The number of pyridine rings is 1. The highest BCUT2D eigenvalue weighted by atomic mass is 35.5. The molecule has 1 atom stereocenters. The number of nitrogens with zero attached hydrogens (tertiary/aromatic N) is 6. The average molecular weight is 432 g/mol. The zero-order chi connectivity index (χ0) is 21.4. The first-order valence-corrected chi connectivity index (χ1v) is 10.1. The first-order valence-electron chi connectivity index (χ1n) is 9.77. The molecule has 2 aliphatic rings. The lowest BCUT2D eigenvalue weighted by atomic mass is 10.1. The Balaban J connectivity index is 1.63. The van der Waals surface area contributed by atoms with Gasteiger partial charge in [-0.1, -0.05) is 11.6 Å². The van der Waals surface area contributed by atoms with E-state index in [1.807, 2.05) is 17.9 Å². The van der Waals surface area contributed by atoms with E-state index < -0.39 is 5.82 Å². The van der Waals surface area contributed by atoms with Crippen LogP contribution in [0.15, 0.2) is 40.3 Å². The third kappa shape index (κ3) is 3.82. The summed E-state index contributed by atoms with van der Waals surface area (Å²) in [6.07, 6.45) is 7.05. The number of amides is 1. The van der Waals surface area contributed by atoms with Crippen molar-refractivity contribution in [2.45, 2.75) is 31.8 Å². The SMILES string of the molecule is C=N/C(=N\C(=C/C)N1CCN(C2CC2)[C@@H](C(N)=O)C1)c1cnc2cc(F)c(Cl)cn12. The van der Waals surface area contributed by atoms with E-state index in [1.165, 1.54) is 12.3 Å². The first-order chi connectivity index (χ1) is 14.4. The Labute approximate surface area is 178 Å². The van der Waals surface area contributed by atoms with Crippen LogP contribution < -0.4 is 5.73 Å². The smallest absolute Gasteiger partial charge is 0.236 e. The van der Waals surface area contributed by atoms with E-state index in [0.29, 0.717) is 35.6 Å². The molecular weight excluding hydrogens is 409 g/mol. The van der Waals surface area contributed by atoms with E-state index in [0.717, 1.165) is 25.9 Å². The molecule has 1 aliphatic carbocycles. The molecule has 2 aromatic rings. The summed E-state index contributed by atoms with van der Waals surface area (Å²) < 4.78 is 15.3. The molecule has 2 N–H and O–H groups in total. The quantitative estimate of drug-likeness (QED) is 0.579. The van der Waals surface area contributed by atoms with Crippen LogP contribution in [-0.4, -0.2) is 69.4 Å². The number of fused-ring (bicyclic) bond motifs is 1. The second kappa shape index (κ2) is 8.16. The second-order valence-corrected chi connectivity index (χ2v) is 7.82. The molecule has 1 amide bonds. The van der Waals surface area contributed by atoms with Crippen molar-refractivity contribution in [1.82, 2.24) is 19.2 Å². The molecule has 0 radical (unpaired) electrons. The van der Waals surface area contributed by atoms with Crippen LogP contribution in [0.4, 0.5) is 4.39 Å². The summed E-state index contributed by atoms with van der Waals surface area (Å²) in [4.78, 5) is 29.2. The van der Waals surface area contributed by atoms with Crippen molar-refractivity contribution in [2.75, 3.05) is 19.6 Å². The van der Waals surface area contributed by atoms with E-state index in [2.05, 4.69) is 26.6 Å². The number of hydrogen-bond acceptors (Lipinski definition) is 5. The van der Waals surface area contributed by atoms with Crippen LogP contribution in [0, 0.1) is 5.82 Å². The molecule has 1 aliphatic heterocycles. The number of carbonyl (C=O) groups excluding carboxylic acids is 1. The number of amidine groups is 1. The number of aromatic nitrogens is 2. The van der Waals surface area contributed by atoms with Gasteiger partial charge in [-0.3, -0.25) is 14.1 Å². The minimum atomic E-state index is -0.550. The maximum Gasteiger partial charge on any atom is 0.236 e. The summed E-state index contributed by atoms with van der Waals surface area (Å²) in [6, 6.07) is 1.35. The minimum Gasteiger partial charge on any atom is -0.368 e. The van der Waals surface area contributed by atoms with Gasteiger partial charge in [0, 0.05) is 37.9 Å². The van der Waals surface area contributed by atoms with Crippen LogP contribution in [0.1, 0.15) is 25.5 Å². The molecule has 0 aromatic carbocycles. The highest BCUT2D eigenvalue weighted by Crippen LogP contribution is 2.31. The molecule has 3 heterocycles. The molecule has 10 heteroatoms. The van der Waals surface area contributed by atoms with Crippen molar-refractivity contribution in [3.63, 3.8) is 0 Å². The molecule has 158 valence electrons. The van der Waals surface area contributed by atoms with Crippen molar-refractivity contribution < 1.29 is 9.18 Å². The van der Waals surface area contributed by atoms with Gasteiger partial charge >= 0.3 is 0 Å². The third-order valence-electron chi connectivity index (χ3n) is 5.50. The van der Waals surface area contributed by atoms with Gasteiger partial charge in [0.25, 0.3) is 0 Å². The number of piperazine rings is 1. The van der Waals surface area contributed by atoms with Crippen LogP contribution in [0.3, 0.4) is 0 Å². The Kier molecular flexibility index (Phi) is 5.57. The van der Waals surface area contributed by atoms with E-state index in [4.69, 9.17) is 17.3 Å². The lowest BCUT2D eigenvalue weighted by Crippen LogP contribution is -2.58. The lowest BCUT2D eigenvalue weighted by molar-refractivity contribution is -0.125. The molecular formula is C20H23ClFN7O. The largest absolute Gasteiger partial charge is 0.368 e. The molecule has 1 saturated carbocycles. The number of aliphatic imine (C=N–C) groups is 2. The van der Waals surface area contributed by atoms with Gasteiger partial charge < -0.3 is 10.6 Å². The van der Waals surface area contributed by atoms with E-state index in [1.54, 1.807) is 10.6 Å². The molecule has 0 bridgehead atoms. The van der Waals surface area contributed by atoms with Crippen LogP contribution >= 0.6 is 11.6 Å². The normalized spacial score (nSPS) is 21.3. The summed E-state index contributed by atoms with van der Waals surface area (Å²) in [7, 11) is 0. The topological polar surface area (TPSA) is 91.6 Å². The Morgan fingerprint density at radius 3 is 2.83 bits per heavy atom. The number of halogens is 2. The zero-order valence-corrected chi connectivity index (χ0v) is 17.4. The van der Waals surface area contributed by atoms with Gasteiger partial charge in [-0.15, -0.1) is 0 Å². The van der Waals surface area contributed by atoms with Crippen molar-refractivity contribution in [3.8, 4) is 0 Å². The van der Waals surface area contributed by atoms with Gasteiger partial charge in [-0.05, 0) is 32.6 Å². The summed E-state index contributed by atoms with van der Waals surface area (Å²) >= 11 is 5.93. The number of nitrogens with two attached hydrogens (primary N) is 1. The van der Waals surface area contributed by atoms with Crippen LogP contribution in [-0.2, 0) is 4.79 Å².